The average molecular weight is 332 g/mol. The molecule has 0 saturated heterocycles. The van der Waals surface area contributed by atoms with E-state index >= 15 is 0 Å². The molecule has 1 aromatic heterocycles. The summed E-state index contributed by atoms with van der Waals surface area (Å²) in [4.78, 5) is 18.4. The van der Waals surface area contributed by atoms with E-state index < -0.39 is 0 Å². The van der Waals surface area contributed by atoms with Crippen LogP contribution < -0.4 is 4.74 Å². The lowest BCUT2D eigenvalue weighted by Gasteiger charge is -2.29. The standard InChI is InChI=1S/C17H24N4O3/c1-14(11-23-2)21(10-15-6-4-5-7-16(15)24-3)17(22)8-9-20-13-18-12-19-20/h4-7,12-14H,8-11H2,1-3H3. The molecule has 0 fully saturated rings. The van der Waals surface area contributed by atoms with E-state index in [4.69, 9.17) is 9.47 Å². The van der Waals surface area contributed by atoms with Crippen molar-refractivity contribution in [2.24, 2.45) is 0 Å². The number of para-hydroxylation sites is 1. The zero-order chi connectivity index (χ0) is 17.4. The third-order valence-corrected chi connectivity index (χ3v) is 3.81. The third kappa shape index (κ3) is 4.79. The summed E-state index contributed by atoms with van der Waals surface area (Å²) in [5.74, 6) is 0.817. The summed E-state index contributed by atoms with van der Waals surface area (Å²) in [5.41, 5.74) is 0.969. The number of ether oxygens (including phenoxy) is 2. The zero-order valence-electron chi connectivity index (χ0n) is 14.4. The SMILES string of the molecule is COCC(C)N(Cc1ccccc1OC)C(=O)CCn1cncn1. The van der Waals surface area contributed by atoms with Crippen molar-refractivity contribution in [3.63, 3.8) is 0 Å². The molecule has 0 saturated carbocycles. The van der Waals surface area contributed by atoms with Gasteiger partial charge in [0, 0.05) is 25.6 Å². The van der Waals surface area contributed by atoms with Gasteiger partial charge < -0.3 is 14.4 Å². The fraction of sp³-hybridized carbons (Fsp3) is 0.471. The fourth-order valence-electron chi connectivity index (χ4n) is 2.54. The van der Waals surface area contributed by atoms with E-state index in [0.717, 1.165) is 11.3 Å². The van der Waals surface area contributed by atoms with Gasteiger partial charge in [-0.05, 0) is 13.0 Å². The van der Waals surface area contributed by atoms with Crippen LogP contribution in [0, 0.1) is 0 Å². The maximum atomic E-state index is 12.7. The first-order chi connectivity index (χ1) is 11.7. The molecule has 0 spiro atoms. The van der Waals surface area contributed by atoms with E-state index in [9.17, 15) is 4.79 Å². The molecule has 7 heteroatoms. The largest absolute Gasteiger partial charge is 0.496 e. The van der Waals surface area contributed by atoms with Crippen molar-refractivity contribution in [1.82, 2.24) is 19.7 Å². The lowest BCUT2D eigenvalue weighted by atomic mass is 10.1. The number of carbonyl (C=O) groups is 1. The van der Waals surface area contributed by atoms with Gasteiger partial charge in [0.1, 0.15) is 18.4 Å². The Kier molecular flexibility index (Phi) is 6.74. The van der Waals surface area contributed by atoms with E-state index in [1.54, 1.807) is 25.2 Å². The van der Waals surface area contributed by atoms with Crippen molar-refractivity contribution in [3.05, 3.63) is 42.5 Å². The number of aryl methyl sites for hydroxylation is 1. The van der Waals surface area contributed by atoms with Crippen molar-refractivity contribution in [2.45, 2.75) is 32.5 Å². The first-order valence-electron chi connectivity index (χ1n) is 7.88. The Balaban J connectivity index is 2.09. The highest BCUT2D eigenvalue weighted by Crippen LogP contribution is 2.21. The molecule has 2 aromatic rings. The molecule has 0 N–H and O–H groups in total. The van der Waals surface area contributed by atoms with Gasteiger partial charge in [0.25, 0.3) is 0 Å². The minimum Gasteiger partial charge on any atom is -0.496 e. The molecule has 0 aliphatic carbocycles. The van der Waals surface area contributed by atoms with Gasteiger partial charge in [-0.15, -0.1) is 0 Å². The molecular formula is C17H24N4O3. The van der Waals surface area contributed by atoms with Crippen LogP contribution in [0.15, 0.2) is 36.9 Å². The predicted octanol–water partition coefficient (Wildman–Crippen LogP) is 1.74. The second kappa shape index (κ2) is 9.02. The number of hydrogen-bond acceptors (Lipinski definition) is 5. The Morgan fingerprint density at radius 3 is 2.79 bits per heavy atom. The van der Waals surface area contributed by atoms with Gasteiger partial charge in [-0.2, -0.15) is 5.10 Å². The second-order valence-electron chi connectivity index (χ2n) is 5.55. The number of methoxy groups -OCH3 is 2. The van der Waals surface area contributed by atoms with Crippen LogP contribution in [0.1, 0.15) is 18.9 Å². The van der Waals surface area contributed by atoms with Crippen molar-refractivity contribution in [3.8, 4) is 5.75 Å². The van der Waals surface area contributed by atoms with E-state index in [1.807, 2.05) is 36.1 Å². The van der Waals surface area contributed by atoms with Crippen LogP contribution in [-0.4, -0.2) is 52.4 Å². The summed E-state index contributed by atoms with van der Waals surface area (Å²) in [5, 5.41) is 4.03. The van der Waals surface area contributed by atoms with Gasteiger partial charge in [-0.25, -0.2) is 4.98 Å². The number of rotatable bonds is 9. The van der Waals surface area contributed by atoms with Gasteiger partial charge in [-0.1, -0.05) is 18.2 Å². The van der Waals surface area contributed by atoms with E-state index in [1.165, 1.54) is 6.33 Å². The van der Waals surface area contributed by atoms with E-state index in [2.05, 4.69) is 10.1 Å². The minimum absolute atomic E-state index is 0.0387. The average Bonchev–Trinajstić information content (AvgIpc) is 3.11. The van der Waals surface area contributed by atoms with Gasteiger partial charge in [0.05, 0.1) is 26.3 Å². The van der Waals surface area contributed by atoms with Crippen LogP contribution in [0.2, 0.25) is 0 Å². The summed E-state index contributed by atoms with van der Waals surface area (Å²) < 4.78 is 12.3. The smallest absolute Gasteiger partial charge is 0.225 e. The number of amides is 1. The van der Waals surface area contributed by atoms with Crippen LogP contribution in [-0.2, 0) is 22.6 Å². The van der Waals surface area contributed by atoms with Gasteiger partial charge in [-0.3, -0.25) is 9.48 Å². The lowest BCUT2D eigenvalue weighted by molar-refractivity contribution is -0.135. The highest BCUT2D eigenvalue weighted by atomic mass is 16.5. The maximum Gasteiger partial charge on any atom is 0.225 e. The molecule has 1 atom stereocenters. The van der Waals surface area contributed by atoms with E-state index in [-0.39, 0.29) is 11.9 Å². The monoisotopic (exact) mass is 332 g/mol. The Hall–Kier alpha value is -2.41. The van der Waals surface area contributed by atoms with Crippen molar-refractivity contribution in [1.29, 1.82) is 0 Å². The Bertz CT molecular complexity index is 631. The molecule has 2 rings (SSSR count). The molecule has 1 heterocycles. The van der Waals surface area contributed by atoms with Crippen LogP contribution in [0.3, 0.4) is 0 Å². The molecule has 0 aliphatic heterocycles. The number of benzene rings is 1. The summed E-state index contributed by atoms with van der Waals surface area (Å²) >= 11 is 0. The Labute approximate surface area is 142 Å². The van der Waals surface area contributed by atoms with Crippen molar-refractivity contribution >= 4 is 5.91 Å². The summed E-state index contributed by atoms with van der Waals surface area (Å²) in [6.45, 7) is 3.43. The summed E-state index contributed by atoms with van der Waals surface area (Å²) in [6.07, 6.45) is 3.42. The van der Waals surface area contributed by atoms with Gasteiger partial charge in [0.15, 0.2) is 0 Å². The van der Waals surface area contributed by atoms with Gasteiger partial charge in [0.2, 0.25) is 5.91 Å². The highest BCUT2D eigenvalue weighted by Gasteiger charge is 2.21. The van der Waals surface area contributed by atoms with E-state index in [0.29, 0.717) is 26.1 Å². The number of aromatic nitrogens is 3. The number of carbonyl (C=O) groups excluding carboxylic acids is 1. The maximum absolute atomic E-state index is 12.7. The minimum atomic E-state index is -0.0387. The van der Waals surface area contributed by atoms with Gasteiger partial charge >= 0.3 is 0 Å². The molecule has 1 unspecified atom stereocenters. The Morgan fingerprint density at radius 1 is 1.33 bits per heavy atom. The topological polar surface area (TPSA) is 69.5 Å². The van der Waals surface area contributed by atoms with Crippen LogP contribution in [0.4, 0.5) is 0 Å². The number of nitrogens with zero attached hydrogens (tertiary/aromatic N) is 4. The quantitative estimate of drug-likeness (QED) is 0.699. The van der Waals surface area contributed by atoms with Crippen molar-refractivity contribution in [2.75, 3.05) is 20.8 Å². The normalized spacial score (nSPS) is 12.0. The summed E-state index contributed by atoms with van der Waals surface area (Å²) in [7, 11) is 3.27. The van der Waals surface area contributed by atoms with Crippen molar-refractivity contribution < 1.29 is 14.3 Å². The molecule has 130 valence electrons. The predicted molar refractivity (Wildman–Crippen MR) is 89.5 cm³/mol. The molecule has 0 radical (unpaired) electrons. The molecule has 7 nitrogen and oxygen atoms in total. The molecule has 0 bridgehead atoms. The number of hydrogen-bond donors (Lipinski definition) is 0. The molecule has 1 amide bonds. The van der Waals surface area contributed by atoms with Crippen LogP contribution in [0.25, 0.3) is 0 Å². The molecule has 1 aromatic carbocycles. The van der Waals surface area contributed by atoms with Crippen LogP contribution >= 0.6 is 0 Å². The first kappa shape index (κ1) is 17.9. The summed E-state index contributed by atoms with van der Waals surface area (Å²) in [6, 6.07) is 7.68. The fourth-order valence-corrected chi connectivity index (χ4v) is 2.54. The van der Waals surface area contributed by atoms with Crippen LogP contribution in [0.5, 0.6) is 5.75 Å². The Morgan fingerprint density at radius 2 is 2.12 bits per heavy atom. The first-order valence-corrected chi connectivity index (χ1v) is 7.88. The third-order valence-electron chi connectivity index (χ3n) is 3.81. The highest BCUT2D eigenvalue weighted by molar-refractivity contribution is 5.76. The molecular weight excluding hydrogens is 308 g/mol. The molecule has 0 aliphatic rings. The lowest BCUT2D eigenvalue weighted by Crippen LogP contribution is -2.41. The second-order valence-corrected chi connectivity index (χ2v) is 5.55. The zero-order valence-corrected chi connectivity index (χ0v) is 14.4. The molecule has 24 heavy (non-hydrogen) atoms.